The molecule has 0 aliphatic heterocycles. The van der Waals surface area contributed by atoms with Crippen molar-refractivity contribution in [3.8, 4) is 0 Å². The van der Waals surface area contributed by atoms with Crippen molar-refractivity contribution in [2.45, 2.75) is 39.0 Å². The van der Waals surface area contributed by atoms with Crippen LogP contribution in [0.5, 0.6) is 0 Å². The molecule has 0 unspecified atom stereocenters. The normalized spacial score (nSPS) is 17.4. The van der Waals surface area contributed by atoms with E-state index in [4.69, 9.17) is 0 Å². The summed E-state index contributed by atoms with van der Waals surface area (Å²) in [4.78, 5) is 0. The van der Waals surface area contributed by atoms with Gasteiger partial charge < -0.3 is 5.32 Å². The van der Waals surface area contributed by atoms with Crippen LogP contribution in [0.25, 0.3) is 6.08 Å². The van der Waals surface area contributed by atoms with E-state index >= 15 is 0 Å². The van der Waals surface area contributed by atoms with Gasteiger partial charge in [0, 0.05) is 16.6 Å². The van der Waals surface area contributed by atoms with E-state index in [2.05, 4.69) is 34.2 Å². The summed E-state index contributed by atoms with van der Waals surface area (Å²) in [7, 11) is 0. The van der Waals surface area contributed by atoms with Crippen LogP contribution in [0.3, 0.4) is 0 Å². The maximum absolute atomic E-state index is 13.9. The van der Waals surface area contributed by atoms with Crippen molar-refractivity contribution in [3.63, 3.8) is 0 Å². The van der Waals surface area contributed by atoms with Crippen LogP contribution in [0.15, 0.2) is 28.2 Å². The predicted octanol–water partition coefficient (Wildman–Crippen LogP) is 5.16. The topological polar surface area (TPSA) is 12.0 Å². The van der Waals surface area contributed by atoms with Crippen LogP contribution < -0.4 is 5.32 Å². The fraction of sp³-hybridized carbons (Fsp3) is 0.529. The highest BCUT2D eigenvalue weighted by molar-refractivity contribution is 9.10. The van der Waals surface area contributed by atoms with Crippen molar-refractivity contribution in [3.05, 3.63) is 39.6 Å². The summed E-state index contributed by atoms with van der Waals surface area (Å²) in [6.07, 6.45) is 8.48. The second-order valence-electron chi connectivity index (χ2n) is 5.50. The molecule has 0 bridgehead atoms. The second-order valence-corrected chi connectivity index (χ2v) is 6.42. The zero-order valence-electron chi connectivity index (χ0n) is 12.1. The Labute approximate surface area is 129 Å². The molecule has 1 nitrogen and oxygen atoms in total. The Morgan fingerprint density at radius 3 is 2.80 bits per heavy atom. The Balaban J connectivity index is 2.23. The van der Waals surface area contributed by atoms with Gasteiger partial charge in [0.15, 0.2) is 0 Å². The molecule has 3 heteroatoms. The second kappa shape index (κ2) is 7.94. The fourth-order valence-electron chi connectivity index (χ4n) is 2.88. The summed E-state index contributed by atoms with van der Waals surface area (Å²) >= 11 is 3.42. The molecule has 1 aromatic rings. The summed E-state index contributed by atoms with van der Waals surface area (Å²) in [6.45, 7) is 3.93. The Hall–Kier alpha value is -0.670. The molecule has 2 rings (SSSR count). The van der Waals surface area contributed by atoms with E-state index in [1.165, 1.54) is 43.7 Å². The van der Waals surface area contributed by atoms with Crippen molar-refractivity contribution in [2.75, 3.05) is 13.1 Å². The van der Waals surface area contributed by atoms with Crippen molar-refractivity contribution < 1.29 is 4.39 Å². The largest absolute Gasteiger partial charge is 0.313 e. The predicted molar refractivity (Wildman–Crippen MR) is 87.2 cm³/mol. The van der Waals surface area contributed by atoms with Gasteiger partial charge in [0.2, 0.25) is 0 Å². The van der Waals surface area contributed by atoms with Gasteiger partial charge in [0.25, 0.3) is 0 Å². The third-order valence-electron chi connectivity index (χ3n) is 4.01. The molecule has 20 heavy (non-hydrogen) atoms. The number of halogens is 2. The van der Waals surface area contributed by atoms with E-state index in [-0.39, 0.29) is 5.82 Å². The fourth-order valence-corrected chi connectivity index (χ4v) is 3.26. The first-order valence-electron chi connectivity index (χ1n) is 7.57. The lowest BCUT2D eigenvalue weighted by atomic mass is 9.83. The van der Waals surface area contributed by atoms with Gasteiger partial charge in [-0.3, -0.25) is 0 Å². The van der Waals surface area contributed by atoms with Crippen molar-refractivity contribution in [2.24, 2.45) is 5.92 Å². The Bertz CT molecular complexity index is 464. The molecule has 1 fully saturated rings. The highest BCUT2D eigenvalue weighted by atomic mass is 79.9. The standard InChI is InChI=1S/C17H23BrFN/c1-2-20-12-15(13-6-4-3-5-7-13)10-14-11-16(18)8-9-17(14)19/h8-11,13,20H,2-7,12H2,1H3/b15-10-. The molecular weight excluding hydrogens is 317 g/mol. The van der Waals surface area contributed by atoms with Crippen LogP contribution in [-0.2, 0) is 0 Å². The highest BCUT2D eigenvalue weighted by Gasteiger charge is 2.18. The van der Waals surface area contributed by atoms with Gasteiger partial charge in [-0.1, -0.05) is 53.8 Å². The molecule has 1 aromatic carbocycles. The molecule has 1 N–H and O–H groups in total. The SMILES string of the molecule is CCNC/C(=C/c1cc(Br)ccc1F)C1CCCCC1. The van der Waals surface area contributed by atoms with Gasteiger partial charge >= 0.3 is 0 Å². The molecule has 0 amide bonds. The quantitative estimate of drug-likeness (QED) is 0.781. The monoisotopic (exact) mass is 339 g/mol. The number of benzene rings is 1. The number of rotatable bonds is 5. The Morgan fingerprint density at radius 2 is 2.10 bits per heavy atom. The molecule has 1 aliphatic rings. The average Bonchev–Trinajstić information content (AvgIpc) is 2.48. The molecule has 1 saturated carbocycles. The van der Waals surface area contributed by atoms with Gasteiger partial charge in [-0.05, 0) is 43.5 Å². The zero-order chi connectivity index (χ0) is 14.4. The van der Waals surface area contributed by atoms with Crippen molar-refractivity contribution >= 4 is 22.0 Å². The van der Waals surface area contributed by atoms with E-state index in [0.717, 1.165) is 17.6 Å². The molecule has 0 atom stereocenters. The minimum atomic E-state index is -0.141. The highest BCUT2D eigenvalue weighted by Crippen LogP contribution is 2.31. The molecule has 1 aliphatic carbocycles. The molecule has 0 heterocycles. The summed E-state index contributed by atoms with van der Waals surface area (Å²) in [6, 6.07) is 5.14. The minimum absolute atomic E-state index is 0.141. The Morgan fingerprint density at radius 1 is 1.35 bits per heavy atom. The van der Waals surface area contributed by atoms with Crippen molar-refractivity contribution in [1.82, 2.24) is 5.32 Å². The number of nitrogens with one attached hydrogen (secondary N) is 1. The van der Waals surface area contributed by atoms with E-state index in [1.807, 2.05) is 6.07 Å². The molecule has 0 aromatic heterocycles. The lowest BCUT2D eigenvalue weighted by Gasteiger charge is -2.25. The first-order valence-corrected chi connectivity index (χ1v) is 8.36. The van der Waals surface area contributed by atoms with Crippen molar-refractivity contribution in [1.29, 1.82) is 0 Å². The Kier molecular flexibility index (Phi) is 6.24. The molecule has 110 valence electrons. The maximum atomic E-state index is 13.9. The van der Waals surface area contributed by atoms with Crippen LogP contribution in [0.2, 0.25) is 0 Å². The minimum Gasteiger partial charge on any atom is -0.313 e. The summed E-state index contributed by atoms with van der Waals surface area (Å²) < 4.78 is 14.9. The van der Waals surface area contributed by atoms with Gasteiger partial charge in [0.05, 0.1) is 0 Å². The molecule has 0 radical (unpaired) electrons. The lowest BCUT2D eigenvalue weighted by molar-refractivity contribution is 0.397. The third-order valence-corrected chi connectivity index (χ3v) is 4.50. The lowest BCUT2D eigenvalue weighted by Crippen LogP contribution is -2.22. The maximum Gasteiger partial charge on any atom is 0.130 e. The van der Waals surface area contributed by atoms with Crippen LogP contribution in [0, 0.1) is 11.7 Å². The molecule has 0 saturated heterocycles. The first-order chi connectivity index (χ1) is 9.70. The number of hydrogen-bond acceptors (Lipinski definition) is 1. The molecule has 0 spiro atoms. The van der Waals surface area contributed by atoms with E-state index in [1.54, 1.807) is 6.07 Å². The van der Waals surface area contributed by atoms with Crippen LogP contribution in [-0.4, -0.2) is 13.1 Å². The van der Waals surface area contributed by atoms with E-state index < -0.39 is 0 Å². The smallest absolute Gasteiger partial charge is 0.130 e. The van der Waals surface area contributed by atoms with Crippen LogP contribution >= 0.6 is 15.9 Å². The van der Waals surface area contributed by atoms with Crippen LogP contribution in [0.4, 0.5) is 4.39 Å². The molecular formula is C17H23BrFN. The summed E-state index contributed by atoms with van der Waals surface area (Å²) in [5.74, 6) is 0.471. The number of likely N-dealkylation sites (N-methyl/N-ethyl adjacent to an activating group) is 1. The van der Waals surface area contributed by atoms with Gasteiger partial charge in [-0.2, -0.15) is 0 Å². The third kappa shape index (κ3) is 4.42. The zero-order valence-corrected chi connectivity index (χ0v) is 13.7. The van der Waals surface area contributed by atoms with Gasteiger partial charge in [0.1, 0.15) is 5.82 Å². The first kappa shape index (κ1) is 15.7. The van der Waals surface area contributed by atoms with E-state index in [0.29, 0.717) is 11.5 Å². The van der Waals surface area contributed by atoms with Gasteiger partial charge in [-0.25, -0.2) is 4.39 Å². The summed E-state index contributed by atoms with van der Waals surface area (Å²) in [5.41, 5.74) is 2.04. The van der Waals surface area contributed by atoms with Gasteiger partial charge in [-0.15, -0.1) is 0 Å². The van der Waals surface area contributed by atoms with E-state index in [9.17, 15) is 4.39 Å². The average molecular weight is 340 g/mol. The summed E-state index contributed by atoms with van der Waals surface area (Å²) in [5, 5.41) is 3.40. The number of hydrogen-bond donors (Lipinski definition) is 1. The van der Waals surface area contributed by atoms with Crippen LogP contribution in [0.1, 0.15) is 44.6 Å².